The number of hydrogen-bond donors (Lipinski definition) is 0. The lowest BCUT2D eigenvalue weighted by Crippen LogP contribution is -2.54. The molecule has 1 rings (SSSR count). The zero-order valence-corrected chi connectivity index (χ0v) is 11.6. The summed E-state index contributed by atoms with van der Waals surface area (Å²) in [6, 6.07) is 0. The van der Waals surface area contributed by atoms with Crippen LogP contribution in [-0.2, 0) is 0 Å². The van der Waals surface area contributed by atoms with Crippen LogP contribution in [0.25, 0.3) is 0 Å². The van der Waals surface area contributed by atoms with Crippen molar-refractivity contribution < 1.29 is 0 Å². The van der Waals surface area contributed by atoms with Gasteiger partial charge in [0.2, 0.25) is 0 Å². The van der Waals surface area contributed by atoms with Crippen LogP contribution in [-0.4, -0.2) is 62.9 Å². The van der Waals surface area contributed by atoms with Gasteiger partial charge < -0.3 is 0 Å². The SMILES string of the molecule is BC1(B)CN(SC)CC(B)(B)C1(B)C. The van der Waals surface area contributed by atoms with Gasteiger partial charge in [-0.1, -0.05) is 34.6 Å². The second-order valence-corrected chi connectivity index (χ2v) is 7.25. The van der Waals surface area contributed by atoms with Crippen molar-refractivity contribution >= 4 is 51.2 Å². The minimum absolute atomic E-state index is 0.387. The van der Waals surface area contributed by atoms with E-state index in [-0.39, 0.29) is 0 Å². The highest BCUT2D eigenvalue weighted by atomic mass is 32.2. The maximum absolute atomic E-state index is 2.51. The summed E-state index contributed by atoms with van der Waals surface area (Å²) in [6.07, 6.45) is 2.18. The highest BCUT2D eigenvalue weighted by Gasteiger charge is 2.51. The van der Waals surface area contributed by atoms with E-state index in [0.717, 1.165) is 0 Å². The lowest BCUT2D eigenvalue weighted by molar-refractivity contribution is 0.276. The fraction of sp³-hybridized carbons (Fsp3) is 1.00. The van der Waals surface area contributed by atoms with Crippen molar-refractivity contribution in [2.24, 2.45) is 0 Å². The highest BCUT2D eigenvalue weighted by Crippen LogP contribution is 2.62. The summed E-state index contributed by atoms with van der Waals surface area (Å²) in [5, 5.41) is 1.17. The van der Waals surface area contributed by atoms with Gasteiger partial charge in [0.15, 0.2) is 0 Å². The molecular weight excluding hydrogens is 184 g/mol. The molecule has 1 aliphatic rings. The molecule has 7 heteroatoms. The Kier molecular flexibility index (Phi) is 3.25. The summed E-state index contributed by atoms with van der Waals surface area (Å²) >= 11 is 1.88. The molecule has 0 spiro atoms. The molecule has 0 atom stereocenters. The van der Waals surface area contributed by atoms with E-state index in [1.54, 1.807) is 0 Å². The lowest BCUT2D eigenvalue weighted by Gasteiger charge is -2.60. The third kappa shape index (κ3) is 1.82. The predicted octanol–water partition coefficient (Wildman–Crippen LogP) is -2.84. The molecule has 0 bridgehead atoms. The molecule has 1 heterocycles. The zero-order valence-electron chi connectivity index (χ0n) is 10.8. The van der Waals surface area contributed by atoms with Crippen LogP contribution in [0.4, 0.5) is 0 Å². The van der Waals surface area contributed by atoms with Crippen molar-refractivity contribution in [2.75, 3.05) is 19.3 Å². The third-order valence-electron chi connectivity index (χ3n) is 4.79. The maximum atomic E-state index is 2.51. The summed E-state index contributed by atoms with van der Waals surface area (Å²) < 4.78 is 2.51. The van der Waals surface area contributed by atoms with Crippen molar-refractivity contribution in [3.63, 3.8) is 0 Å². The quantitative estimate of drug-likeness (QED) is 0.334. The molecule has 0 N–H and O–H groups in total. The fourth-order valence-corrected chi connectivity index (χ4v) is 3.28. The van der Waals surface area contributed by atoms with Crippen LogP contribution in [0.1, 0.15) is 6.92 Å². The standard InChI is InChI=1S/C7H20B5NS/c1-5(8)6(9,10)3-13(14-2)4-7(5,11)12/h3-4,8-12H2,1-2H3. The summed E-state index contributed by atoms with van der Waals surface area (Å²) in [4.78, 5) is 0. The third-order valence-corrected chi connectivity index (χ3v) is 5.56. The smallest absolute Gasteiger partial charge is 0.107 e. The van der Waals surface area contributed by atoms with Gasteiger partial charge >= 0.3 is 0 Å². The van der Waals surface area contributed by atoms with Crippen molar-refractivity contribution in [1.29, 1.82) is 0 Å². The van der Waals surface area contributed by atoms with Crippen molar-refractivity contribution in [3.05, 3.63) is 0 Å². The van der Waals surface area contributed by atoms with Crippen LogP contribution < -0.4 is 0 Å². The first kappa shape index (κ1) is 12.7. The first-order valence-electron chi connectivity index (χ1n) is 5.43. The summed E-state index contributed by atoms with van der Waals surface area (Å²) in [5.74, 6) is 0. The van der Waals surface area contributed by atoms with Crippen molar-refractivity contribution in [1.82, 2.24) is 4.31 Å². The van der Waals surface area contributed by atoms with Gasteiger partial charge in [-0.15, -0.1) is 0 Å². The molecule has 0 saturated carbocycles. The zero-order chi connectivity index (χ0) is 11.2. The molecule has 14 heavy (non-hydrogen) atoms. The van der Waals surface area contributed by atoms with E-state index in [0.29, 0.717) is 15.7 Å². The fourth-order valence-electron chi connectivity index (χ4n) is 2.38. The lowest BCUT2D eigenvalue weighted by atomic mass is 9.22. The first-order valence-corrected chi connectivity index (χ1v) is 6.61. The molecule has 1 fully saturated rings. The second kappa shape index (κ2) is 3.59. The number of rotatable bonds is 1. The van der Waals surface area contributed by atoms with Crippen LogP contribution >= 0.6 is 11.9 Å². The van der Waals surface area contributed by atoms with E-state index in [1.165, 1.54) is 13.1 Å². The molecule has 74 valence electrons. The molecule has 0 unspecified atom stereocenters. The van der Waals surface area contributed by atoms with Crippen LogP contribution in [0.2, 0.25) is 15.7 Å². The predicted molar refractivity (Wildman–Crippen MR) is 81.6 cm³/mol. The molecule has 1 saturated heterocycles. The Balaban J connectivity index is 3.00. The maximum Gasteiger partial charge on any atom is 0.107 e. The highest BCUT2D eigenvalue weighted by molar-refractivity contribution is 7.96. The Morgan fingerprint density at radius 3 is 1.64 bits per heavy atom. The molecule has 0 aromatic carbocycles. The van der Waals surface area contributed by atoms with E-state index in [2.05, 4.69) is 56.7 Å². The molecule has 0 radical (unpaired) electrons. The Morgan fingerprint density at radius 1 is 1.00 bits per heavy atom. The van der Waals surface area contributed by atoms with Crippen molar-refractivity contribution in [2.45, 2.75) is 22.7 Å². The molecular formula is C7H20B5NS. The van der Waals surface area contributed by atoms with Gasteiger partial charge in [-0.05, 0) is 6.26 Å². The number of piperidine rings is 1. The van der Waals surface area contributed by atoms with Crippen LogP contribution in [0.3, 0.4) is 0 Å². The minimum Gasteiger partial charge on any atom is -0.253 e. The molecule has 1 nitrogen and oxygen atoms in total. The Labute approximate surface area is 97.7 Å². The number of hydrogen-bond acceptors (Lipinski definition) is 2. The molecule has 0 amide bonds. The molecule has 0 aromatic rings. The summed E-state index contributed by atoms with van der Waals surface area (Å²) in [5.41, 5.74) is 0. The molecule has 1 aliphatic heterocycles. The Morgan fingerprint density at radius 2 is 1.36 bits per heavy atom. The van der Waals surface area contributed by atoms with Gasteiger partial charge in [0.05, 0.1) is 0 Å². The largest absolute Gasteiger partial charge is 0.253 e. The molecule has 0 aromatic heterocycles. The van der Waals surface area contributed by atoms with E-state index in [1.807, 2.05) is 11.9 Å². The van der Waals surface area contributed by atoms with Crippen LogP contribution in [0.5, 0.6) is 0 Å². The Bertz CT molecular complexity index is 210. The van der Waals surface area contributed by atoms with E-state index in [4.69, 9.17) is 0 Å². The first-order chi connectivity index (χ1) is 6.14. The topological polar surface area (TPSA) is 3.24 Å². The van der Waals surface area contributed by atoms with E-state index >= 15 is 0 Å². The van der Waals surface area contributed by atoms with E-state index in [9.17, 15) is 0 Å². The monoisotopic (exact) mass is 205 g/mol. The van der Waals surface area contributed by atoms with Crippen LogP contribution in [0, 0.1) is 0 Å². The van der Waals surface area contributed by atoms with Crippen LogP contribution in [0.15, 0.2) is 0 Å². The second-order valence-electron chi connectivity index (χ2n) is 6.37. The van der Waals surface area contributed by atoms with Gasteiger partial charge in [-0.25, -0.2) is 0 Å². The average Bonchev–Trinajstić information content (AvgIpc) is 1.99. The van der Waals surface area contributed by atoms with Gasteiger partial charge in [0.25, 0.3) is 0 Å². The van der Waals surface area contributed by atoms with Crippen molar-refractivity contribution in [3.8, 4) is 0 Å². The molecule has 0 aliphatic carbocycles. The normalized spacial score (nSPS) is 29.9. The van der Waals surface area contributed by atoms with E-state index < -0.39 is 0 Å². The minimum atomic E-state index is 0.387. The summed E-state index contributed by atoms with van der Waals surface area (Å²) in [6.45, 7) is 4.82. The van der Waals surface area contributed by atoms with Gasteiger partial charge in [0.1, 0.15) is 39.2 Å². The number of nitrogens with zero attached hydrogens (tertiary/aromatic N) is 1. The average molecular weight is 204 g/mol. The van der Waals surface area contributed by atoms with Gasteiger partial charge in [0, 0.05) is 13.1 Å². The van der Waals surface area contributed by atoms with Gasteiger partial charge in [-0.2, -0.15) is 0 Å². The summed E-state index contributed by atoms with van der Waals surface area (Å²) in [7, 11) is 12.0. The van der Waals surface area contributed by atoms with Gasteiger partial charge in [-0.3, -0.25) is 4.31 Å². The Hall–Kier alpha value is 0.635.